The molecule has 1 fully saturated rings. The van der Waals surface area contributed by atoms with Crippen LogP contribution in [0.4, 0.5) is 5.69 Å². The zero-order valence-corrected chi connectivity index (χ0v) is 17.9. The Labute approximate surface area is 179 Å². The van der Waals surface area contributed by atoms with Gasteiger partial charge in [0.15, 0.2) is 6.61 Å². The number of anilines is 1. The number of thiocarbonyl (C=S) groups is 1. The van der Waals surface area contributed by atoms with Crippen molar-refractivity contribution in [3.63, 3.8) is 0 Å². The van der Waals surface area contributed by atoms with Gasteiger partial charge in [-0.2, -0.15) is 0 Å². The van der Waals surface area contributed by atoms with Crippen molar-refractivity contribution < 1.29 is 14.3 Å². The zero-order valence-electron chi connectivity index (χ0n) is 16.3. The quantitative estimate of drug-likeness (QED) is 0.510. The molecule has 2 aromatic carbocycles. The van der Waals surface area contributed by atoms with Gasteiger partial charge in [0.25, 0.3) is 11.8 Å². The van der Waals surface area contributed by atoms with Crippen LogP contribution in [0.2, 0.25) is 0 Å². The Hall–Kier alpha value is -2.64. The summed E-state index contributed by atoms with van der Waals surface area (Å²) < 4.78 is 6.07. The molecule has 0 aromatic heterocycles. The molecule has 0 saturated carbocycles. The van der Waals surface area contributed by atoms with Crippen LogP contribution in [0.3, 0.4) is 0 Å². The fraction of sp³-hybridized carbons (Fsp3) is 0.227. The largest absolute Gasteiger partial charge is 0.484 e. The number of thioether (sulfide) groups is 1. The minimum atomic E-state index is -0.195. The topological polar surface area (TPSA) is 67.4 Å². The highest BCUT2D eigenvalue weighted by molar-refractivity contribution is 8.26. The fourth-order valence-electron chi connectivity index (χ4n) is 2.96. The Morgan fingerprint density at radius 1 is 1.14 bits per heavy atom. The van der Waals surface area contributed by atoms with Gasteiger partial charge in [-0.05, 0) is 47.7 Å². The van der Waals surface area contributed by atoms with Crippen LogP contribution >= 0.6 is 24.0 Å². The van der Waals surface area contributed by atoms with E-state index >= 15 is 0 Å². The number of benzene rings is 2. The summed E-state index contributed by atoms with van der Waals surface area (Å²) in [5.74, 6) is 0.205. The molecule has 1 saturated heterocycles. The standard InChI is InChI=1S/C22H22N2O3S2/c1-3-15-6-5-7-16(4-2)20(15)23-19(25)13-27-17-10-8-14(9-11-17)12-18-21(26)24-22(28)29-18/h5-12H,3-4,13H2,1-2H3,(H,23,25)(H,24,26,28)/b18-12-. The predicted octanol–water partition coefficient (Wildman–Crippen LogP) is 4.32. The van der Waals surface area contributed by atoms with E-state index in [1.54, 1.807) is 18.2 Å². The van der Waals surface area contributed by atoms with Crippen molar-refractivity contribution in [1.82, 2.24) is 5.32 Å². The van der Waals surface area contributed by atoms with E-state index in [0.29, 0.717) is 15.0 Å². The van der Waals surface area contributed by atoms with Crippen LogP contribution in [0.5, 0.6) is 5.75 Å². The fourth-order valence-corrected chi connectivity index (χ4v) is 4.00. The number of nitrogens with one attached hydrogen (secondary N) is 2. The third kappa shape index (κ3) is 5.46. The number of hydrogen-bond acceptors (Lipinski definition) is 5. The molecule has 0 aliphatic carbocycles. The predicted molar refractivity (Wildman–Crippen MR) is 122 cm³/mol. The number of amides is 2. The monoisotopic (exact) mass is 426 g/mol. The molecule has 1 heterocycles. The molecule has 0 spiro atoms. The summed E-state index contributed by atoms with van der Waals surface area (Å²) in [5, 5.41) is 5.57. The molecule has 0 unspecified atom stereocenters. The van der Waals surface area contributed by atoms with Crippen LogP contribution in [0.1, 0.15) is 30.5 Å². The minimum Gasteiger partial charge on any atom is -0.484 e. The highest BCUT2D eigenvalue weighted by Gasteiger charge is 2.21. The number of carbonyl (C=O) groups excluding carboxylic acids is 2. The third-order valence-corrected chi connectivity index (χ3v) is 5.62. The summed E-state index contributed by atoms with van der Waals surface area (Å²) in [7, 11) is 0. The molecule has 2 aromatic rings. The summed E-state index contributed by atoms with van der Waals surface area (Å²) in [6, 6.07) is 13.3. The molecule has 1 aliphatic heterocycles. The van der Waals surface area contributed by atoms with E-state index in [4.69, 9.17) is 17.0 Å². The van der Waals surface area contributed by atoms with Crippen molar-refractivity contribution in [3.05, 3.63) is 64.1 Å². The summed E-state index contributed by atoms with van der Waals surface area (Å²) >= 11 is 6.22. The van der Waals surface area contributed by atoms with E-state index < -0.39 is 0 Å². The van der Waals surface area contributed by atoms with Gasteiger partial charge in [0.05, 0.1) is 4.91 Å². The second-order valence-electron chi connectivity index (χ2n) is 6.42. The lowest BCUT2D eigenvalue weighted by Crippen LogP contribution is -2.21. The van der Waals surface area contributed by atoms with Gasteiger partial charge in [0.1, 0.15) is 10.1 Å². The van der Waals surface area contributed by atoms with Crippen LogP contribution in [0.15, 0.2) is 47.4 Å². The highest BCUT2D eigenvalue weighted by Crippen LogP contribution is 2.26. The van der Waals surface area contributed by atoms with E-state index in [0.717, 1.165) is 35.2 Å². The molecule has 7 heteroatoms. The number of aryl methyl sites for hydroxylation is 2. The Morgan fingerprint density at radius 3 is 2.34 bits per heavy atom. The Bertz CT molecular complexity index is 946. The molecule has 29 heavy (non-hydrogen) atoms. The molecule has 150 valence electrons. The number of ether oxygens (including phenoxy) is 1. The molecular weight excluding hydrogens is 404 g/mol. The molecule has 0 bridgehead atoms. The van der Waals surface area contributed by atoms with E-state index in [1.165, 1.54) is 11.8 Å². The molecule has 1 aliphatic rings. The van der Waals surface area contributed by atoms with Gasteiger partial charge in [-0.15, -0.1) is 0 Å². The summed E-state index contributed by atoms with van der Waals surface area (Å²) in [6.07, 6.45) is 3.47. The number of carbonyl (C=O) groups is 2. The van der Waals surface area contributed by atoms with Crippen LogP contribution in [0, 0.1) is 0 Å². The average Bonchev–Trinajstić information content (AvgIpc) is 3.04. The minimum absolute atomic E-state index is 0.0752. The second-order valence-corrected chi connectivity index (χ2v) is 8.14. The van der Waals surface area contributed by atoms with E-state index in [9.17, 15) is 9.59 Å². The summed E-state index contributed by atoms with van der Waals surface area (Å²) in [5.41, 5.74) is 3.97. The van der Waals surface area contributed by atoms with Gasteiger partial charge >= 0.3 is 0 Å². The first-order valence-corrected chi connectivity index (χ1v) is 10.6. The maximum Gasteiger partial charge on any atom is 0.263 e. The lowest BCUT2D eigenvalue weighted by atomic mass is 10.0. The van der Waals surface area contributed by atoms with Crippen LogP contribution in [-0.2, 0) is 22.4 Å². The first-order valence-electron chi connectivity index (χ1n) is 9.38. The maximum atomic E-state index is 12.4. The van der Waals surface area contributed by atoms with E-state index in [2.05, 4.69) is 24.5 Å². The second kappa shape index (κ2) is 9.71. The Morgan fingerprint density at radius 2 is 1.79 bits per heavy atom. The van der Waals surface area contributed by atoms with Crippen LogP contribution in [-0.4, -0.2) is 22.7 Å². The first-order chi connectivity index (χ1) is 14.0. The Balaban J connectivity index is 1.59. The van der Waals surface area contributed by atoms with Crippen molar-refractivity contribution in [2.24, 2.45) is 0 Å². The van der Waals surface area contributed by atoms with Gasteiger partial charge < -0.3 is 15.4 Å². The SMILES string of the molecule is CCc1cccc(CC)c1NC(=O)COc1ccc(/C=C2\SC(=S)NC2=O)cc1. The molecule has 0 radical (unpaired) electrons. The smallest absolute Gasteiger partial charge is 0.263 e. The summed E-state index contributed by atoms with van der Waals surface area (Å²) in [6.45, 7) is 4.06. The van der Waals surface area contributed by atoms with Crippen molar-refractivity contribution in [3.8, 4) is 5.75 Å². The number of para-hydroxylation sites is 1. The van der Waals surface area contributed by atoms with E-state index in [1.807, 2.05) is 30.3 Å². The number of hydrogen-bond donors (Lipinski definition) is 2. The van der Waals surface area contributed by atoms with E-state index in [-0.39, 0.29) is 18.4 Å². The first kappa shape index (κ1) is 21.1. The molecule has 0 atom stereocenters. The van der Waals surface area contributed by atoms with Crippen LogP contribution < -0.4 is 15.4 Å². The molecule has 2 N–H and O–H groups in total. The van der Waals surface area contributed by atoms with Gasteiger partial charge in [-0.1, -0.05) is 68.2 Å². The normalized spacial score (nSPS) is 14.8. The Kier molecular flexibility index (Phi) is 7.06. The number of rotatable bonds is 7. The van der Waals surface area contributed by atoms with Gasteiger partial charge in [-0.25, -0.2) is 0 Å². The average molecular weight is 427 g/mol. The van der Waals surface area contributed by atoms with Gasteiger partial charge in [0.2, 0.25) is 0 Å². The lowest BCUT2D eigenvalue weighted by molar-refractivity contribution is -0.118. The zero-order chi connectivity index (χ0) is 20.8. The maximum absolute atomic E-state index is 12.4. The van der Waals surface area contributed by atoms with Crippen molar-refractivity contribution in [2.45, 2.75) is 26.7 Å². The lowest BCUT2D eigenvalue weighted by Gasteiger charge is -2.14. The van der Waals surface area contributed by atoms with Crippen molar-refractivity contribution >= 4 is 51.9 Å². The highest BCUT2D eigenvalue weighted by atomic mass is 32.2. The van der Waals surface area contributed by atoms with Gasteiger partial charge in [0, 0.05) is 5.69 Å². The van der Waals surface area contributed by atoms with Crippen molar-refractivity contribution in [1.29, 1.82) is 0 Å². The van der Waals surface area contributed by atoms with Crippen molar-refractivity contribution in [2.75, 3.05) is 11.9 Å². The molecule has 3 rings (SSSR count). The third-order valence-electron chi connectivity index (χ3n) is 4.45. The van der Waals surface area contributed by atoms with Crippen LogP contribution in [0.25, 0.3) is 6.08 Å². The molecule has 5 nitrogen and oxygen atoms in total. The molecular formula is C22H22N2O3S2. The molecule has 2 amide bonds. The summed E-state index contributed by atoms with van der Waals surface area (Å²) in [4.78, 5) is 24.7. The van der Waals surface area contributed by atoms with Gasteiger partial charge in [-0.3, -0.25) is 9.59 Å².